The average Bonchev–Trinajstić information content (AvgIpc) is 2.77. The van der Waals surface area contributed by atoms with Gasteiger partial charge in [0.25, 0.3) is 0 Å². The Labute approximate surface area is 83.4 Å². The molecule has 1 aliphatic rings. The molecule has 0 radical (unpaired) electrons. The number of aryl methyl sites for hydroxylation is 1. The minimum Gasteiger partial charge on any atom is -0.395 e. The summed E-state index contributed by atoms with van der Waals surface area (Å²) in [4.78, 5) is 2.27. The molecule has 1 N–H and O–H groups in total. The van der Waals surface area contributed by atoms with Crippen LogP contribution in [0.25, 0.3) is 0 Å². The minimum atomic E-state index is 0.248. The van der Waals surface area contributed by atoms with Crippen molar-refractivity contribution >= 4 is 0 Å². The Morgan fingerprint density at radius 3 is 3.14 bits per heavy atom. The molecule has 0 saturated carbocycles. The van der Waals surface area contributed by atoms with Gasteiger partial charge in [0, 0.05) is 13.1 Å². The number of rotatable bonds is 3. The van der Waals surface area contributed by atoms with Crippen LogP contribution in [0, 0.1) is 0 Å². The largest absolute Gasteiger partial charge is 0.395 e. The van der Waals surface area contributed by atoms with E-state index in [2.05, 4.69) is 15.1 Å². The Bertz CT molecular complexity index is 299. The first-order valence-corrected chi connectivity index (χ1v) is 4.99. The molecule has 5 nitrogen and oxygen atoms in total. The molecule has 0 aliphatic carbocycles. The van der Waals surface area contributed by atoms with Crippen LogP contribution >= 0.6 is 0 Å². The van der Waals surface area contributed by atoms with E-state index in [-0.39, 0.29) is 6.61 Å². The lowest BCUT2D eigenvalue weighted by Crippen LogP contribution is -2.32. The summed E-state index contributed by atoms with van der Waals surface area (Å²) >= 11 is 0. The van der Waals surface area contributed by atoms with Crippen LogP contribution in [-0.4, -0.2) is 44.0 Å². The third kappa shape index (κ3) is 1.78. The lowest BCUT2D eigenvalue weighted by Gasteiger charge is -2.21. The third-order valence-corrected chi connectivity index (χ3v) is 2.86. The molecule has 5 heteroatoms. The van der Waals surface area contributed by atoms with Crippen LogP contribution < -0.4 is 0 Å². The summed E-state index contributed by atoms with van der Waals surface area (Å²) in [7, 11) is 1.94. The molecule has 1 aromatic rings. The van der Waals surface area contributed by atoms with Gasteiger partial charge in [-0.05, 0) is 19.4 Å². The van der Waals surface area contributed by atoms with Gasteiger partial charge in [-0.15, -0.1) is 10.2 Å². The van der Waals surface area contributed by atoms with E-state index in [1.165, 1.54) is 6.42 Å². The molecular formula is C9H16N4O. The fraction of sp³-hybridized carbons (Fsp3) is 0.778. The van der Waals surface area contributed by atoms with Gasteiger partial charge in [-0.1, -0.05) is 0 Å². The fourth-order valence-electron chi connectivity index (χ4n) is 1.94. The molecule has 1 fully saturated rings. The van der Waals surface area contributed by atoms with Gasteiger partial charge in [0.15, 0.2) is 0 Å². The zero-order chi connectivity index (χ0) is 9.97. The Balaban J connectivity index is 2.00. The molecule has 14 heavy (non-hydrogen) atoms. The Hall–Kier alpha value is -0.940. The molecule has 2 heterocycles. The number of hydrogen-bond donors (Lipinski definition) is 1. The van der Waals surface area contributed by atoms with Crippen molar-refractivity contribution in [3.8, 4) is 0 Å². The normalized spacial score (nSPS) is 23.1. The smallest absolute Gasteiger partial charge is 0.146 e. The van der Waals surface area contributed by atoms with E-state index in [1.807, 2.05) is 11.6 Å². The van der Waals surface area contributed by atoms with Gasteiger partial charge in [0.05, 0.1) is 13.2 Å². The van der Waals surface area contributed by atoms with Crippen LogP contribution in [0.5, 0.6) is 0 Å². The number of likely N-dealkylation sites (tertiary alicyclic amines) is 1. The van der Waals surface area contributed by atoms with Crippen molar-refractivity contribution in [3.63, 3.8) is 0 Å². The summed E-state index contributed by atoms with van der Waals surface area (Å²) in [6.07, 6.45) is 3.97. The average molecular weight is 196 g/mol. The predicted molar refractivity (Wildman–Crippen MR) is 51.5 cm³/mol. The number of aliphatic hydroxyl groups is 1. The van der Waals surface area contributed by atoms with Gasteiger partial charge in [0.2, 0.25) is 0 Å². The monoisotopic (exact) mass is 196 g/mol. The summed E-state index contributed by atoms with van der Waals surface area (Å²) in [6, 6.07) is 0.312. The van der Waals surface area contributed by atoms with Gasteiger partial charge in [-0.3, -0.25) is 4.90 Å². The number of nitrogens with zero attached hydrogens (tertiary/aromatic N) is 4. The van der Waals surface area contributed by atoms with Crippen LogP contribution in [0.4, 0.5) is 0 Å². The minimum absolute atomic E-state index is 0.248. The number of hydrogen-bond acceptors (Lipinski definition) is 4. The molecule has 0 aromatic carbocycles. The molecule has 0 amide bonds. The summed E-state index contributed by atoms with van der Waals surface area (Å²) in [5, 5.41) is 17.0. The maximum atomic E-state index is 9.15. The Morgan fingerprint density at radius 2 is 2.50 bits per heavy atom. The third-order valence-electron chi connectivity index (χ3n) is 2.86. The first-order chi connectivity index (χ1) is 6.81. The van der Waals surface area contributed by atoms with Crippen molar-refractivity contribution in [3.05, 3.63) is 12.2 Å². The highest BCUT2D eigenvalue weighted by molar-refractivity contribution is 4.88. The molecule has 2 rings (SSSR count). The SMILES string of the molecule is Cn1cnnc1CN1CCC[C@H]1CO. The van der Waals surface area contributed by atoms with Crippen LogP contribution in [-0.2, 0) is 13.6 Å². The van der Waals surface area contributed by atoms with E-state index in [9.17, 15) is 0 Å². The molecule has 1 aliphatic heterocycles. The number of aliphatic hydroxyl groups excluding tert-OH is 1. The Kier molecular flexibility index (Phi) is 2.79. The lowest BCUT2D eigenvalue weighted by molar-refractivity contribution is 0.150. The van der Waals surface area contributed by atoms with Crippen molar-refractivity contribution in [2.24, 2.45) is 7.05 Å². The van der Waals surface area contributed by atoms with E-state index < -0.39 is 0 Å². The van der Waals surface area contributed by atoms with E-state index in [0.717, 1.165) is 25.3 Å². The van der Waals surface area contributed by atoms with Crippen molar-refractivity contribution in [2.75, 3.05) is 13.2 Å². The lowest BCUT2D eigenvalue weighted by atomic mass is 10.2. The fourth-order valence-corrected chi connectivity index (χ4v) is 1.94. The first-order valence-electron chi connectivity index (χ1n) is 4.99. The van der Waals surface area contributed by atoms with E-state index >= 15 is 0 Å². The molecule has 1 atom stereocenters. The molecule has 1 saturated heterocycles. The highest BCUT2D eigenvalue weighted by Crippen LogP contribution is 2.18. The Morgan fingerprint density at radius 1 is 1.64 bits per heavy atom. The van der Waals surface area contributed by atoms with E-state index in [1.54, 1.807) is 6.33 Å². The topological polar surface area (TPSA) is 54.2 Å². The molecule has 0 spiro atoms. The molecule has 1 aromatic heterocycles. The maximum Gasteiger partial charge on any atom is 0.146 e. The van der Waals surface area contributed by atoms with Crippen LogP contribution in [0.2, 0.25) is 0 Å². The summed E-state index contributed by atoms with van der Waals surface area (Å²) in [5.41, 5.74) is 0. The van der Waals surface area contributed by atoms with Crippen LogP contribution in [0.1, 0.15) is 18.7 Å². The summed E-state index contributed by atoms with van der Waals surface area (Å²) in [5.74, 6) is 0.963. The van der Waals surface area contributed by atoms with Gasteiger partial charge >= 0.3 is 0 Å². The van der Waals surface area contributed by atoms with Crippen molar-refractivity contribution < 1.29 is 5.11 Å². The van der Waals surface area contributed by atoms with E-state index in [4.69, 9.17) is 5.11 Å². The second-order valence-electron chi connectivity index (χ2n) is 3.81. The van der Waals surface area contributed by atoms with Crippen molar-refractivity contribution in [1.82, 2.24) is 19.7 Å². The quantitative estimate of drug-likeness (QED) is 0.725. The molecule has 0 unspecified atom stereocenters. The molecule has 78 valence electrons. The maximum absolute atomic E-state index is 9.15. The summed E-state index contributed by atoms with van der Waals surface area (Å²) in [6.45, 7) is 2.09. The second-order valence-corrected chi connectivity index (χ2v) is 3.81. The second kappa shape index (κ2) is 4.06. The van der Waals surface area contributed by atoms with Gasteiger partial charge in [0.1, 0.15) is 12.2 Å². The highest BCUT2D eigenvalue weighted by atomic mass is 16.3. The zero-order valence-electron chi connectivity index (χ0n) is 8.43. The van der Waals surface area contributed by atoms with Crippen molar-refractivity contribution in [1.29, 1.82) is 0 Å². The molecular weight excluding hydrogens is 180 g/mol. The zero-order valence-corrected chi connectivity index (χ0v) is 8.43. The first kappa shape index (κ1) is 9.61. The van der Waals surface area contributed by atoms with Crippen LogP contribution in [0.15, 0.2) is 6.33 Å². The summed E-state index contributed by atoms with van der Waals surface area (Å²) < 4.78 is 1.92. The highest BCUT2D eigenvalue weighted by Gasteiger charge is 2.24. The van der Waals surface area contributed by atoms with Crippen molar-refractivity contribution in [2.45, 2.75) is 25.4 Å². The standard InChI is InChI=1S/C9H16N4O/c1-12-7-10-11-9(12)5-13-4-2-3-8(13)6-14/h7-8,14H,2-6H2,1H3/t8-/m0/s1. The van der Waals surface area contributed by atoms with Gasteiger partial charge in [-0.25, -0.2) is 0 Å². The van der Waals surface area contributed by atoms with Gasteiger partial charge in [-0.2, -0.15) is 0 Å². The number of aromatic nitrogens is 3. The van der Waals surface area contributed by atoms with Crippen LogP contribution in [0.3, 0.4) is 0 Å². The van der Waals surface area contributed by atoms with Gasteiger partial charge < -0.3 is 9.67 Å². The van der Waals surface area contributed by atoms with E-state index in [0.29, 0.717) is 6.04 Å². The molecule has 0 bridgehead atoms. The predicted octanol–water partition coefficient (Wildman–Crippen LogP) is -0.228.